The second kappa shape index (κ2) is 7.62. The Bertz CT molecular complexity index is 1430. The Kier molecular flexibility index (Phi) is 4.47. The number of fused-ring (bicyclic) bond motifs is 2. The molecule has 1 amide bonds. The summed E-state index contributed by atoms with van der Waals surface area (Å²) < 4.78 is 7.13. The molecule has 1 N–H and O–H groups in total. The number of pyridine rings is 2. The van der Waals surface area contributed by atoms with E-state index < -0.39 is 0 Å². The number of carbonyl (C=O) groups is 1. The largest absolute Gasteiger partial charge is 0.378 e. The normalized spacial score (nSPS) is 14.3. The van der Waals surface area contributed by atoms with Gasteiger partial charge in [0.25, 0.3) is 5.91 Å². The quantitative estimate of drug-likeness (QED) is 0.476. The van der Waals surface area contributed by atoms with Crippen LogP contribution in [-0.2, 0) is 4.74 Å². The maximum Gasteiger partial charge on any atom is 0.257 e. The van der Waals surface area contributed by atoms with Crippen molar-refractivity contribution in [2.24, 2.45) is 0 Å². The van der Waals surface area contributed by atoms with Gasteiger partial charge in [-0.15, -0.1) is 0 Å². The van der Waals surface area contributed by atoms with Crippen LogP contribution in [0.5, 0.6) is 0 Å². The van der Waals surface area contributed by atoms with E-state index in [1.54, 1.807) is 10.7 Å². The van der Waals surface area contributed by atoms with Gasteiger partial charge in [0.2, 0.25) is 0 Å². The van der Waals surface area contributed by atoms with Gasteiger partial charge in [-0.05, 0) is 29.3 Å². The van der Waals surface area contributed by atoms with Gasteiger partial charge in [-0.25, -0.2) is 9.50 Å². The fraction of sp³-hybridized carbons (Fsp3) is 0.160. The number of benzene rings is 1. The van der Waals surface area contributed by atoms with Gasteiger partial charge in [0.05, 0.1) is 30.5 Å². The fourth-order valence-corrected chi connectivity index (χ4v) is 4.28. The summed E-state index contributed by atoms with van der Waals surface area (Å²) in [5.41, 5.74) is 6.46. The number of morpholine rings is 1. The molecule has 1 saturated heterocycles. The molecular formula is C25H21N5O2. The molecule has 0 bridgehead atoms. The van der Waals surface area contributed by atoms with Gasteiger partial charge in [0, 0.05) is 48.2 Å². The van der Waals surface area contributed by atoms with Gasteiger partial charge >= 0.3 is 0 Å². The second-order valence-corrected chi connectivity index (χ2v) is 7.90. The molecule has 1 aliphatic rings. The third-order valence-electron chi connectivity index (χ3n) is 6.00. The van der Waals surface area contributed by atoms with Gasteiger partial charge in [0.1, 0.15) is 5.65 Å². The molecule has 5 aromatic rings. The molecule has 0 saturated carbocycles. The van der Waals surface area contributed by atoms with Crippen LogP contribution in [0.1, 0.15) is 10.4 Å². The molecule has 1 fully saturated rings. The number of aromatic amines is 1. The van der Waals surface area contributed by atoms with Crippen LogP contribution in [0.15, 0.2) is 73.3 Å². The lowest BCUT2D eigenvalue weighted by atomic mass is 10.0. The highest BCUT2D eigenvalue weighted by atomic mass is 16.5. The van der Waals surface area contributed by atoms with Crippen molar-refractivity contribution in [3.05, 3.63) is 78.9 Å². The van der Waals surface area contributed by atoms with Crippen LogP contribution in [0.4, 0.5) is 0 Å². The van der Waals surface area contributed by atoms with Crippen molar-refractivity contribution in [2.75, 3.05) is 26.3 Å². The van der Waals surface area contributed by atoms with Crippen molar-refractivity contribution in [3.63, 3.8) is 0 Å². The molecular weight excluding hydrogens is 402 g/mol. The van der Waals surface area contributed by atoms with Crippen LogP contribution < -0.4 is 0 Å². The molecule has 32 heavy (non-hydrogen) atoms. The van der Waals surface area contributed by atoms with Crippen LogP contribution in [0.3, 0.4) is 0 Å². The molecule has 0 radical (unpaired) electrons. The zero-order valence-electron chi connectivity index (χ0n) is 17.4. The van der Waals surface area contributed by atoms with Gasteiger partial charge in [0.15, 0.2) is 0 Å². The van der Waals surface area contributed by atoms with Gasteiger partial charge in [-0.3, -0.25) is 4.79 Å². The minimum absolute atomic E-state index is 0.00703. The lowest BCUT2D eigenvalue weighted by molar-refractivity contribution is 0.0304. The van der Waals surface area contributed by atoms with Crippen LogP contribution in [-0.4, -0.2) is 56.7 Å². The highest BCUT2D eigenvalue weighted by Gasteiger charge is 2.22. The van der Waals surface area contributed by atoms with E-state index in [1.165, 1.54) is 0 Å². The van der Waals surface area contributed by atoms with Crippen molar-refractivity contribution in [2.45, 2.75) is 0 Å². The van der Waals surface area contributed by atoms with Crippen LogP contribution >= 0.6 is 0 Å². The first kappa shape index (κ1) is 18.8. The molecule has 6 rings (SSSR count). The third-order valence-corrected chi connectivity index (χ3v) is 6.00. The first-order valence-corrected chi connectivity index (χ1v) is 10.7. The number of hydrogen-bond acceptors (Lipinski definition) is 4. The van der Waals surface area contributed by atoms with Crippen molar-refractivity contribution in [1.82, 2.24) is 24.5 Å². The number of hydrogen-bond donors (Lipinski definition) is 1. The number of nitrogens with zero attached hydrogens (tertiary/aromatic N) is 4. The van der Waals surface area contributed by atoms with Crippen LogP contribution in [0, 0.1) is 0 Å². The van der Waals surface area contributed by atoms with E-state index in [0.29, 0.717) is 31.9 Å². The second-order valence-electron chi connectivity index (χ2n) is 7.90. The monoisotopic (exact) mass is 423 g/mol. The maximum atomic E-state index is 13.1. The lowest BCUT2D eigenvalue weighted by Gasteiger charge is -2.26. The molecule has 7 nitrogen and oxygen atoms in total. The van der Waals surface area contributed by atoms with Gasteiger partial charge in [-0.2, -0.15) is 5.10 Å². The van der Waals surface area contributed by atoms with E-state index in [0.717, 1.165) is 38.8 Å². The number of nitrogens with one attached hydrogen (secondary N) is 1. The molecule has 158 valence electrons. The zero-order chi connectivity index (χ0) is 21.5. The van der Waals surface area contributed by atoms with E-state index in [2.05, 4.69) is 33.3 Å². The standard InChI is InChI=1S/C25H21N5O2/c31-25(29-8-10-32-11-9-29)22-16-28-30-7-6-18(13-23(22)30)21-15-27-24-20(21)12-19(14-26-24)17-4-2-1-3-5-17/h1-7,12-16H,8-11H2,(H,26,27). The molecule has 1 aromatic carbocycles. The summed E-state index contributed by atoms with van der Waals surface area (Å²) in [6.07, 6.45) is 7.41. The Morgan fingerprint density at radius 3 is 2.66 bits per heavy atom. The summed E-state index contributed by atoms with van der Waals surface area (Å²) >= 11 is 0. The van der Waals surface area contributed by atoms with E-state index in [-0.39, 0.29) is 5.91 Å². The number of aromatic nitrogens is 4. The summed E-state index contributed by atoms with van der Waals surface area (Å²) in [6.45, 7) is 2.35. The van der Waals surface area contributed by atoms with E-state index in [4.69, 9.17) is 4.74 Å². The predicted molar refractivity (Wildman–Crippen MR) is 122 cm³/mol. The van der Waals surface area contributed by atoms with E-state index in [9.17, 15) is 4.79 Å². The van der Waals surface area contributed by atoms with Crippen LogP contribution in [0.2, 0.25) is 0 Å². The number of amides is 1. The lowest BCUT2D eigenvalue weighted by Crippen LogP contribution is -2.40. The number of rotatable bonds is 3. The Hall–Kier alpha value is -3.97. The molecule has 5 heterocycles. The van der Waals surface area contributed by atoms with Crippen LogP contribution in [0.25, 0.3) is 38.8 Å². The Balaban J connectivity index is 1.43. The van der Waals surface area contributed by atoms with Crippen molar-refractivity contribution < 1.29 is 9.53 Å². The minimum Gasteiger partial charge on any atom is -0.378 e. The maximum absolute atomic E-state index is 13.1. The summed E-state index contributed by atoms with van der Waals surface area (Å²) in [5, 5.41) is 5.43. The molecule has 0 spiro atoms. The number of ether oxygens (including phenoxy) is 1. The molecule has 0 aliphatic carbocycles. The Labute approximate surface area is 184 Å². The molecule has 1 aliphatic heterocycles. The Morgan fingerprint density at radius 2 is 1.81 bits per heavy atom. The van der Waals surface area contributed by atoms with E-state index in [1.807, 2.05) is 53.8 Å². The average Bonchev–Trinajstić information content (AvgIpc) is 3.48. The molecule has 7 heteroatoms. The van der Waals surface area contributed by atoms with Gasteiger partial charge in [-0.1, -0.05) is 30.3 Å². The molecule has 4 aromatic heterocycles. The summed E-state index contributed by atoms with van der Waals surface area (Å²) in [7, 11) is 0. The first-order chi connectivity index (χ1) is 15.8. The van der Waals surface area contributed by atoms with Crippen molar-refractivity contribution in [3.8, 4) is 22.3 Å². The van der Waals surface area contributed by atoms with Gasteiger partial charge < -0.3 is 14.6 Å². The fourth-order valence-electron chi connectivity index (χ4n) is 4.28. The highest BCUT2D eigenvalue weighted by molar-refractivity contribution is 6.02. The van der Waals surface area contributed by atoms with Crippen molar-refractivity contribution >= 4 is 22.5 Å². The SMILES string of the molecule is O=C(c1cnn2ccc(-c3c[nH]c4ncc(-c5ccccc5)cc34)cc12)N1CCOCC1. The molecule has 0 atom stereocenters. The average molecular weight is 423 g/mol. The van der Waals surface area contributed by atoms with E-state index >= 15 is 0 Å². The Morgan fingerprint density at radius 1 is 0.969 bits per heavy atom. The smallest absolute Gasteiger partial charge is 0.257 e. The number of carbonyl (C=O) groups excluding carboxylic acids is 1. The third kappa shape index (κ3) is 3.14. The zero-order valence-corrected chi connectivity index (χ0v) is 17.4. The number of H-pyrrole nitrogens is 1. The predicted octanol–water partition coefficient (Wildman–Crippen LogP) is 4.02. The highest BCUT2D eigenvalue weighted by Crippen LogP contribution is 2.32. The molecule has 0 unspecified atom stereocenters. The summed E-state index contributed by atoms with van der Waals surface area (Å²) in [5.74, 6) is -0.00703. The first-order valence-electron chi connectivity index (χ1n) is 10.7. The van der Waals surface area contributed by atoms with Crippen molar-refractivity contribution in [1.29, 1.82) is 0 Å². The summed E-state index contributed by atoms with van der Waals surface area (Å²) in [6, 6.07) is 16.4. The summed E-state index contributed by atoms with van der Waals surface area (Å²) in [4.78, 5) is 22.8. The topological polar surface area (TPSA) is 75.5 Å². The minimum atomic E-state index is -0.00703.